The molecule has 1 unspecified atom stereocenters. The molecule has 0 fully saturated rings. The largest absolute Gasteiger partial charge is 0.355 e. The van der Waals surface area contributed by atoms with Crippen LogP contribution in [0.4, 0.5) is 5.69 Å². The van der Waals surface area contributed by atoms with Gasteiger partial charge in [-0.05, 0) is 29.5 Å². The highest BCUT2D eigenvalue weighted by molar-refractivity contribution is 14.0. The Morgan fingerprint density at radius 3 is 2.86 bits per heavy atom. The first-order valence-electron chi connectivity index (χ1n) is 7.39. The number of aliphatic imine (C=N–C) groups is 1. The number of anilines is 1. The zero-order valence-electron chi connectivity index (χ0n) is 13.0. The Labute approximate surface area is 153 Å². The summed E-state index contributed by atoms with van der Waals surface area (Å²) in [7, 11) is 1.86. The van der Waals surface area contributed by atoms with Gasteiger partial charge in [0.1, 0.15) is 0 Å². The summed E-state index contributed by atoms with van der Waals surface area (Å²) in [5, 5.41) is 5.66. The van der Waals surface area contributed by atoms with Crippen LogP contribution in [-0.2, 0) is 6.42 Å². The lowest BCUT2D eigenvalue weighted by Crippen LogP contribution is -2.41. The normalized spacial score (nSPS) is 15.2. The van der Waals surface area contributed by atoms with Crippen LogP contribution >= 0.6 is 35.3 Å². The maximum absolute atomic E-state index is 4.46. The minimum Gasteiger partial charge on any atom is -0.355 e. The molecule has 1 aliphatic rings. The molecule has 2 aromatic rings. The van der Waals surface area contributed by atoms with E-state index >= 15 is 0 Å². The van der Waals surface area contributed by atoms with Crippen LogP contribution < -0.4 is 10.2 Å². The maximum Gasteiger partial charge on any atom is 0.198 e. The molecule has 5 heteroatoms. The van der Waals surface area contributed by atoms with Crippen LogP contribution in [0.5, 0.6) is 0 Å². The molecule has 0 amide bonds. The second kappa shape index (κ2) is 7.97. The van der Waals surface area contributed by atoms with Crippen molar-refractivity contribution in [3.63, 3.8) is 0 Å². The summed E-state index contributed by atoms with van der Waals surface area (Å²) in [4.78, 5) is 8.16. The zero-order valence-corrected chi connectivity index (χ0v) is 16.1. The van der Waals surface area contributed by atoms with E-state index in [4.69, 9.17) is 0 Å². The van der Waals surface area contributed by atoms with Crippen molar-refractivity contribution in [2.75, 3.05) is 25.0 Å². The van der Waals surface area contributed by atoms with Gasteiger partial charge in [-0.15, -0.1) is 35.3 Å². The lowest BCUT2D eigenvalue weighted by atomic mass is 10.1. The predicted molar refractivity (Wildman–Crippen MR) is 107 cm³/mol. The van der Waals surface area contributed by atoms with E-state index in [1.165, 1.54) is 16.1 Å². The molecule has 2 heterocycles. The molecular formula is C17H22IN3S. The SMILES string of the molecule is CN=C(NCC(C)c1cccs1)N1CCc2ccccc21.I. The standard InChI is InChI=1S/C17H21N3S.HI/c1-13(16-8-5-11-21-16)12-19-17(18-2)20-10-9-14-6-3-4-7-15(14)20;/h3-8,11,13H,9-10,12H2,1-2H3,(H,18,19);1H. The third-order valence-electron chi connectivity index (χ3n) is 3.95. The molecule has 0 saturated carbocycles. The van der Waals surface area contributed by atoms with Gasteiger partial charge in [-0.3, -0.25) is 4.99 Å². The van der Waals surface area contributed by atoms with Crippen LogP contribution in [0.25, 0.3) is 0 Å². The fourth-order valence-corrected chi connectivity index (χ4v) is 3.56. The summed E-state index contributed by atoms with van der Waals surface area (Å²) in [6.07, 6.45) is 1.09. The maximum atomic E-state index is 4.46. The van der Waals surface area contributed by atoms with Gasteiger partial charge in [0, 0.05) is 36.6 Å². The van der Waals surface area contributed by atoms with Crippen molar-refractivity contribution >= 4 is 47.0 Å². The van der Waals surface area contributed by atoms with Gasteiger partial charge in [-0.2, -0.15) is 0 Å². The quantitative estimate of drug-likeness (QED) is 0.454. The topological polar surface area (TPSA) is 27.6 Å². The van der Waals surface area contributed by atoms with Crippen molar-refractivity contribution in [2.45, 2.75) is 19.3 Å². The van der Waals surface area contributed by atoms with E-state index in [2.05, 4.69) is 63.9 Å². The number of halogens is 1. The van der Waals surface area contributed by atoms with E-state index in [0.717, 1.165) is 25.5 Å². The molecule has 0 saturated heterocycles. The average Bonchev–Trinajstić information content (AvgIpc) is 3.17. The third-order valence-corrected chi connectivity index (χ3v) is 5.05. The Balaban J connectivity index is 0.00000176. The fourth-order valence-electron chi connectivity index (χ4n) is 2.77. The summed E-state index contributed by atoms with van der Waals surface area (Å²) in [5.41, 5.74) is 2.70. The van der Waals surface area contributed by atoms with Gasteiger partial charge in [-0.25, -0.2) is 0 Å². The molecule has 1 aliphatic heterocycles. The van der Waals surface area contributed by atoms with Crippen LogP contribution in [-0.4, -0.2) is 26.1 Å². The predicted octanol–water partition coefficient (Wildman–Crippen LogP) is 4.11. The van der Waals surface area contributed by atoms with Gasteiger partial charge >= 0.3 is 0 Å². The Morgan fingerprint density at radius 1 is 1.32 bits per heavy atom. The number of hydrogen-bond donors (Lipinski definition) is 1. The van der Waals surface area contributed by atoms with E-state index < -0.39 is 0 Å². The Kier molecular flexibility index (Phi) is 6.26. The van der Waals surface area contributed by atoms with Crippen LogP contribution in [0.1, 0.15) is 23.3 Å². The summed E-state index contributed by atoms with van der Waals surface area (Å²) >= 11 is 1.82. The molecule has 0 spiro atoms. The van der Waals surface area contributed by atoms with E-state index in [0.29, 0.717) is 5.92 Å². The third kappa shape index (κ3) is 3.63. The molecule has 1 aromatic heterocycles. The highest BCUT2D eigenvalue weighted by Gasteiger charge is 2.22. The number of fused-ring (bicyclic) bond motifs is 1. The number of guanidine groups is 1. The molecular weight excluding hydrogens is 405 g/mol. The van der Waals surface area contributed by atoms with Crippen LogP contribution in [0.3, 0.4) is 0 Å². The number of rotatable bonds is 3. The average molecular weight is 427 g/mol. The van der Waals surface area contributed by atoms with Crippen molar-refractivity contribution in [1.29, 1.82) is 0 Å². The lowest BCUT2D eigenvalue weighted by molar-refractivity contribution is 0.722. The first-order valence-corrected chi connectivity index (χ1v) is 8.27. The molecule has 0 aliphatic carbocycles. The van der Waals surface area contributed by atoms with Gasteiger partial charge in [-0.1, -0.05) is 31.2 Å². The van der Waals surface area contributed by atoms with Crippen molar-refractivity contribution < 1.29 is 0 Å². The van der Waals surface area contributed by atoms with Crippen LogP contribution in [0, 0.1) is 0 Å². The van der Waals surface area contributed by atoms with Crippen molar-refractivity contribution in [2.24, 2.45) is 4.99 Å². The molecule has 3 rings (SSSR count). The van der Waals surface area contributed by atoms with E-state index in [9.17, 15) is 0 Å². The summed E-state index contributed by atoms with van der Waals surface area (Å²) in [6.45, 7) is 4.17. The molecule has 1 atom stereocenters. The lowest BCUT2D eigenvalue weighted by Gasteiger charge is -2.23. The molecule has 1 N–H and O–H groups in total. The Hall–Kier alpha value is -1.08. The number of nitrogens with zero attached hydrogens (tertiary/aromatic N) is 2. The van der Waals surface area contributed by atoms with E-state index in [1.54, 1.807) is 0 Å². The fraction of sp³-hybridized carbons (Fsp3) is 0.353. The first-order chi connectivity index (χ1) is 10.3. The second-order valence-corrected chi connectivity index (χ2v) is 6.35. The van der Waals surface area contributed by atoms with Crippen molar-refractivity contribution in [1.82, 2.24) is 5.32 Å². The minimum absolute atomic E-state index is 0. The Morgan fingerprint density at radius 2 is 2.14 bits per heavy atom. The molecule has 0 bridgehead atoms. The van der Waals surface area contributed by atoms with Gasteiger partial charge in [0.25, 0.3) is 0 Å². The van der Waals surface area contributed by atoms with Crippen LogP contribution in [0.15, 0.2) is 46.8 Å². The number of para-hydroxylation sites is 1. The van der Waals surface area contributed by atoms with Crippen LogP contribution in [0.2, 0.25) is 0 Å². The van der Waals surface area contributed by atoms with E-state index in [-0.39, 0.29) is 24.0 Å². The monoisotopic (exact) mass is 427 g/mol. The zero-order chi connectivity index (χ0) is 14.7. The van der Waals surface area contributed by atoms with Crippen molar-refractivity contribution in [3.05, 3.63) is 52.2 Å². The second-order valence-electron chi connectivity index (χ2n) is 5.37. The summed E-state index contributed by atoms with van der Waals surface area (Å²) in [5.74, 6) is 1.47. The minimum atomic E-state index is 0. The molecule has 118 valence electrons. The number of hydrogen-bond acceptors (Lipinski definition) is 2. The first kappa shape index (κ1) is 17.3. The highest BCUT2D eigenvalue weighted by Crippen LogP contribution is 2.27. The molecule has 22 heavy (non-hydrogen) atoms. The van der Waals surface area contributed by atoms with Crippen molar-refractivity contribution in [3.8, 4) is 0 Å². The summed E-state index contributed by atoms with van der Waals surface area (Å²) in [6, 6.07) is 12.9. The number of nitrogens with one attached hydrogen (secondary N) is 1. The smallest absolute Gasteiger partial charge is 0.198 e. The summed E-state index contributed by atoms with van der Waals surface area (Å²) < 4.78 is 0. The number of benzene rings is 1. The molecule has 3 nitrogen and oxygen atoms in total. The van der Waals surface area contributed by atoms with Gasteiger partial charge in [0.05, 0.1) is 0 Å². The van der Waals surface area contributed by atoms with Gasteiger partial charge in [0.15, 0.2) is 5.96 Å². The highest BCUT2D eigenvalue weighted by atomic mass is 127. The Bertz CT molecular complexity index is 625. The molecule has 1 aromatic carbocycles. The van der Waals surface area contributed by atoms with Gasteiger partial charge in [0.2, 0.25) is 0 Å². The molecule has 0 radical (unpaired) electrons. The number of thiophene rings is 1. The van der Waals surface area contributed by atoms with Gasteiger partial charge < -0.3 is 10.2 Å². The van der Waals surface area contributed by atoms with E-state index in [1.807, 2.05) is 18.4 Å².